The molecule has 0 saturated carbocycles. The maximum atomic E-state index is 10.4. The van der Waals surface area contributed by atoms with Crippen LogP contribution in [0.4, 0.5) is 0 Å². The van der Waals surface area contributed by atoms with Crippen LogP contribution in [-0.4, -0.2) is 25.5 Å². The van der Waals surface area contributed by atoms with Crippen LogP contribution < -0.4 is 0 Å². The van der Waals surface area contributed by atoms with Gasteiger partial charge in [-0.2, -0.15) is 5.10 Å². The third-order valence-electron chi connectivity index (χ3n) is 3.25. The van der Waals surface area contributed by atoms with E-state index in [9.17, 15) is 5.11 Å². The molecule has 4 nitrogen and oxygen atoms in total. The zero-order chi connectivity index (χ0) is 12.6. The second kappa shape index (κ2) is 4.17. The van der Waals surface area contributed by atoms with Crippen LogP contribution in [0.25, 0.3) is 0 Å². The molecule has 0 spiro atoms. The van der Waals surface area contributed by atoms with E-state index in [-0.39, 0.29) is 11.5 Å². The summed E-state index contributed by atoms with van der Waals surface area (Å²) in [6.45, 7) is 12.1. The van der Waals surface area contributed by atoms with Crippen molar-refractivity contribution in [2.45, 2.75) is 59.6 Å². The number of hydrogen-bond donors (Lipinski definition) is 1. The Hall–Kier alpha value is -0.900. The van der Waals surface area contributed by atoms with Gasteiger partial charge >= 0.3 is 0 Å². The quantitative estimate of drug-likeness (QED) is 0.858. The molecule has 1 atom stereocenters. The molecule has 1 aromatic rings. The molecule has 4 heteroatoms. The summed E-state index contributed by atoms with van der Waals surface area (Å²) in [5, 5.41) is 14.6. The van der Waals surface area contributed by atoms with Crippen LogP contribution in [-0.2, 0) is 6.42 Å². The molecule has 0 fully saturated rings. The van der Waals surface area contributed by atoms with Gasteiger partial charge in [-0.25, -0.2) is 9.67 Å². The van der Waals surface area contributed by atoms with E-state index in [1.807, 2.05) is 32.4 Å². The van der Waals surface area contributed by atoms with Gasteiger partial charge in [-0.15, -0.1) is 0 Å². The second-order valence-electron chi connectivity index (χ2n) is 5.92. The Balaban J connectivity index is 2.93. The maximum Gasteiger partial charge on any atom is 0.138 e. The van der Waals surface area contributed by atoms with Crippen LogP contribution >= 0.6 is 0 Å². The van der Waals surface area contributed by atoms with Gasteiger partial charge < -0.3 is 5.11 Å². The summed E-state index contributed by atoms with van der Waals surface area (Å²) in [7, 11) is 0. The largest absolute Gasteiger partial charge is 0.389 e. The number of aliphatic hydroxyl groups is 1. The van der Waals surface area contributed by atoms with Crippen molar-refractivity contribution in [3.8, 4) is 0 Å². The van der Waals surface area contributed by atoms with Crippen molar-refractivity contribution in [2.24, 2.45) is 5.41 Å². The Labute approximate surface area is 97.7 Å². The predicted molar refractivity (Wildman–Crippen MR) is 64.2 cm³/mol. The third-order valence-corrected chi connectivity index (χ3v) is 3.25. The molecule has 0 saturated heterocycles. The lowest BCUT2D eigenvalue weighted by Crippen LogP contribution is -2.42. The Morgan fingerprint density at radius 2 is 1.88 bits per heavy atom. The average molecular weight is 225 g/mol. The van der Waals surface area contributed by atoms with E-state index in [1.165, 1.54) is 0 Å². The van der Waals surface area contributed by atoms with Gasteiger partial charge in [-0.05, 0) is 26.2 Å². The van der Waals surface area contributed by atoms with Crippen LogP contribution in [0.2, 0.25) is 0 Å². The first-order valence-corrected chi connectivity index (χ1v) is 5.76. The fourth-order valence-electron chi connectivity index (χ4n) is 1.40. The maximum absolute atomic E-state index is 10.4. The number of hydrogen-bond acceptors (Lipinski definition) is 3. The molecule has 16 heavy (non-hydrogen) atoms. The molecular formula is C12H23N3O. The number of rotatable bonds is 3. The van der Waals surface area contributed by atoms with Crippen LogP contribution in [0.5, 0.6) is 0 Å². The summed E-state index contributed by atoms with van der Waals surface area (Å²) in [5.41, 5.74) is -0.965. The molecule has 92 valence electrons. The van der Waals surface area contributed by atoms with E-state index >= 15 is 0 Å². The SMILES string of the molecule is CC(C)n1ncnc1CC(C)(O)C(C)(C)C. The molecule has 1 unspecified atom stereocenters. The second-order valence-corrected chi connectivity index (χ2v) is 5.92. The average Bonchev–Trinajstić information content (AvgIpc) is 2.49. The first-order valence-electron chi connectivity index (χ1n) is 5.76. The molecule has 1 heterocycles. The highest BCUT2D eigenvalue weighted by Gasteiger charge is 2.36. The lowest BCUT2D eigenvalue weighted by atomic mass is 9.75. The molecule has 0 aliphatic rings. The van der Waals surface area contributed by atoms with E-state index in [1.54, 1.807) is 6.33 Å². The first-order chi connectivity index (χ1) is 7.15. The molecule has 0 aliphatic heterocycles. The number of nitrogens with zero attached hydrogens (tertiary/aromatic N) is 3. The summed E-state index contributed by atoms with van der Waals surface area (Å²) in [5.74, 6) is 0.843. The highest BCUT2D eigenvalue weighted by molar-refractivity contribution is 4.98. The zero-order valence-electron chi connectivity index (χ0n) is 11.2. The van der Waals surface area contributed by atoms with Crippen molar-refractivity contribution in [2.75, 3.05) is 0 Å². The third kappa shape index (κ3) is 2.61. The molecule has 0 aromatic carbocycles. The molecule has 1 aromatic heterocycles. The minimum Gasteiger partial charge on any atom is -0.389 e. The minimum atomic E-state index is -0.785. The van der Waals surface area contributed by atoms with Crippen LogP contribution in [0.1, 0.15) is 53.4 Å². The fraction of sp³-hybridized carbons (Fsp3) is 0.833. The number of aromatic nitrogens is 3. The highest BCUT2D eigenvalue weighted by atomic mass is 16.3. The van der Waals surface area contributed by atoms with Crippen molar-refractivity contribution in [3.63, 3.8) is 0 Å². The van der Waals surface area contributed by atoms with Gasteiger partial charge in [-0.1, -0.05) is 20.8 Å². The summed E-state index contributed by atoms with van der Waals surface area (Å²) in [4.78, 5) is 4.23. The van der Waals surface area contributed by atoms with Crippen molar-refractivity contribution >= 4 is 0 Å². The summed E-state index contributed by atoms with van der Waals surface area (Å²) < 4.78 is 1.86. The predicted octanol–water partition coefficient (Wildman–Crippen LogP) is 2.20. The van der Waals surface area contributed by atoms with Crippen molar-refractivity contribution in [1.29, 1.82) is 0 Å². The van der Waals surface area contributed by atoms with E-state index in [0.29, 0.717) is 6.42 Å². The molecule has 0 amide bonds. The fourth-order valence-corrected chi connectivity index (χ4v) is 1.40. The Bertz CT molecular complexity index is 347. The lowest BCUT2D eigenvalue weighted by molar-refractivity contribution is -0.0429. The van der Waals surface area contributed by atoms with Crippen molar-refractivity contribution < 1.29 is 5.11 Å². The van der Waals surface area contributed by atoms with Gasteiger partial charge in [0, 0.05) is 12.5 Å². The molecule has 0 bridgehead atoms. The summed E-state index contributed by atoms with van der Waals surface area (Å²) in [6, 6.07) is 0.272. The lowest BCUT2D eigenvalue weighted by Gasteiger charge is -2.37. The molecule has 1 N–H and O–H groups in total. The summed E-state index contributed by atoms with van der Waals surface area (Å²) >= 11 is 0. The van der Waals surface area contributed by atoms with Gasteiger partial charge in [0.2, 0.25) is 0 Å². The summed E-state index contributed by atoms with van der Waals surface area (Å²) in [6.07, 6.45) is 2.07. The topological polar surface area (TPSA) is 50.9 Å². The monoisotopic (exact) mass is 225 g/mol. The van der Waals surface area contributed by atoms with E-state index < -0.39 is 5.60 Å². The Morgan fingerprint density at radius 1 is 1.31 bits per heavy atom. The normalized spacial score (nSPS) is 16.5. The van der Waals surface area contributed by atoms with Crippen LogP contribution in [0.3, 0.4) is 0 Å². The zero-order valence-corrected chi connectivity index (χ0v) is 11.2. The van der Waals surface area contributed by atoms with E-state index in [0.717, 1.165) is 5.82 Å². The minimum absolute atomic E-state index is 0.180. The van der Waals surface area contributed by atoms with Gasteiger partial charge in [0.05, 0.1) is 5.60 Å². The highest BCUT2D eigenvalue weighted by Crippen LogP contribution is 2.32. The van der Waals surface area contributed by atoms with Gasteiger partial charge in [0.1, 0.15) is 12.2 Å². The van der Waals surface area contributed by atoms with E-state index in [2.05, 4.69) is 23.9 Å². The van der Waals surface area contributed by atoms with Crippen molar-refractivity contribution in [3.05, 3.63) is 12.2 Å². The molecular weight excluding hydrogens is 202 g/mol. The van der Waals surface area contributed by atoms with Gasteiger partial charge in [-0.3, -0.25) is 0 Å². The standard InChI is InChI=1S/C12H23N3O/c1-9(2)15-10(13-8-14-15)7-12(6,16)11(3,4)5/h8-9,16H,7H2,1-6H3. The van der Waals surface area contributed by atoms with Crippen LogP contribution in [0.15, 0.2) is 6.33 Å². The van der Waals surface area contributed by atoms with Gasteiger partial charge in [0.15, 0.2) is 0 Å². The van der Waals surface area contributed by atoms with E-state index in [4.69, 9.17) is 0 Å². The first kappa shape index (κ1) is 13.2. The molecule has 0 radical (unpaired) electrons. The van der Waals surface area contributed by atoms with Gasteiger partial charge in [0.25, 0.3) is 0 Å². The molecule has 1 rings (SSSR count). The van der Waals surface area contributed by atoms with Crippen molar-refractivity contribution in [1.82, 2.24) is 14.8 Å². The Morgan fingerprint density at radius 3 is 2.31 bits per heavy atom. The Kier molecular flexibility index (Phi) is 3.43. The van der Waals surface area contributed by atoms with Crippen LogP contribution in [0, 0.1) is 5.41 Å². The molecule has 0 aliphatic carbocycles. The smallest absolute Gasteiger partial charge is 0.138 e.